The minimum atomic E-state index is -0.838. The Morgan fingerprint density at radius 1 is 0.718 bits per heavy atom. The fourth-order valence-corrected chi connectivity index (χ4v) is 5.49. The predicted molar refractivity (Wildman–Crippen MR) is 156 cm³/mol. The number of hydrogen-bond donors (Lipinski definition) is 0. The summed E-state index contributed by atoms with van der Waals surface area (Å²) in [4.78, 5) is 32.2. The summed E-state index contributed by atoms with van der Waals surface area (Å²) >= 11 is 0. The Balaban J connectivity index is 0.000000449. The molecule has 0 bridgehead atoms. The zero-order valence-corrected chi connectivity index (χ0v) is 24.3. The van der Waals surface area contributed by atoms with E-state index in [-0.39, 0.29) is 16.6 Å². The summed E-state index contributed by atoms with van der Waals surface area (Å²) in [5.41, 5.74) is 2.55. The standard InChI is InChI=1S/C25H30O4.C6H6.C3H6O/c1-17-14-24(3,4)16-25(15-17,19-6-10-21(28-5)11-7-19)20-8-12-22(13-9-20)29-23(27)18(2)26;1-2-4-6-5-3-1;1-3(2)4/h6-13,17H,14-16H2,1-5H3;1-6H;1-2H3. The molecule has 3 aromatic carbocycles. The van der Waals surface area contributed by atoms with Crippen LogP contribution in [0.2, 0.25) is 0 Å². The topological polar surface area (TPSA) is 69.7 Å². The molecule has 0 radical (unpaired) electrons. The summed E-state index contributed by atoms with van der Waals surface area (Å²) in [5, 5.41) is 0. The van der Waals surface area contributed by atoms with Gasteiger partial charge in [-0.25, -0.2) is 4.79 Å². The van der Waals surface area contributed by atoms with E-state index >= 15 is 0 Å². The number of methoxy groups -OCH3 is 1. The van der Waals surface area contributed by atoms with E-state index in [9.17, 15) is 14.4 Å². The highest BCUT2D eigenvalue weighted by Gasteiger charge is 2.45. The van der Waals surface area contributed by atoms with E-state index in [1.807, 2.05) is 60.7 Å². The van der Waals surface area contributed by atoms with E-state index in [2.05, 4.69) is 32.9 Å². The molecule has 4 rings (SSSR count). The Hall–Kier alpha value is -3.73. The van der Waals surface area contributed by atoms with Crippen molar-refractivity contribution < 1.29 is 23.9 Å². The minimum absolute atomic E-state index is 0.128. The molecule has 0 aliphatic heterocycles. The summed E-state index contributed by atoms with van der Waals surface area (Å²) in [6.07, 6.45) is 3.28. The van der Waals surface area contributed by atoms with Crippen molar-refractivity contribution in [1.82, 2.24) is 0 Å². The van der Waals surface area contributed by atoms with Gasteiger partial charge in [-0.3, -0.25) is 4.79 Å². The van der Waals surface area contributed by atoms with Crippen LogP contribution < -0.4 is 9.47 Å². The van der Waals surface area contributed by atoms with Gasteiger partial charge in [0.05, 0.1) is 7.11 Å². The van der Waals surface area contributed by atoms with Gasteiger partial charge in [0.25, 0.3) is 0 Å². The average Bonchev–Trinajstić information content (AvgIpc) is 2.89. The molecule has 0 spiro atoms. The number of carbonyl (C=O) groups is 3. The Bertz CT molecular complexity index is 1170. The monoisotopic (exact) mass is 530 g/mol. The van der Waals surface area contributed by atoms with Crippen molar-refractivity contribution in [2.24, 2.45) is 11.3 Å². The Morgan fingerprint density at radius 2 is 1.13 bits per heavy atom. The number of rotatable bonds is 5. The fourth-order valence-electron chi connectivity index (χ4n) is 5.49. The molecule has 0 aromatic heterocycles. The van der Waals surface area contributed by atoms with Crippen LogP contribution in [0.1, 0.15) is 71.9 Å². The first kappa shape index (κ1) is 31.5. The Morgan fingerprint density at radius 3 is 1.49 bits per heavy atom. The van der Waals surface area contributed by atoms with Crippen LogP contribution in [-0.2, 0) is 19.8 Å². The highest BCUT2D eigenvalue weighted by molar-refractivity contribution is 6.33. The molecule has 1 saturated carbocycles. The fraction of sp³-hybridized carbons (Fsp3) is 0.382. The molecule has 0 amide bonds. The number of benzene rings is 3. The molecular formula is C34H42O5. The maximum Gasteiger partial charge on any atom is 0.379 e. The van der Waals surface area contributed by atoms with Crippen molar-refractivity contribution in [3.63, 3.8) is 0 Å². The number of ether oxygens (including phenoxy) is 2. The molecule has 2 unspecified atom stereocenters. The van der Waals surface area contributed by atoms with Crippen molar-refractivity contribution in [2.75, 3.05) is 7.11 Å². The van der Waals surface area contributed by atoms with Gasteiger partial charge in [0.1, 0.15) is 17.3 Å². The van der Waals surface area contributed by atoms with Gasteiger partial charge in [0.2, 0.25) is 5.78 Å². The molecule has 0 saturated heterocycles. The lowest BCUT2D eigenvalue weighted by atomic mass is 9.55. The van der Waals surface area contributed by atoms with Crippen LogP contribution >= 0.6 is 0 Å². The van der Waals surface area contributed by atoms with Crippen LogP contribution in [0.3, 0.4) is 0 Å². The Kier molecular flexibility index (Phi) is 11.7. The van der Waals surface area contributed by atoms with Crippen molar-refractivity contribution in [1.29, 1.82) is 0 Å². The lowest BCUT2D eigenvalue weighted by Gasteiger charge is -2.48. The molecule has 0 heterocycles. The zero-order chi connectivity index (χ0) is 29.1. The quantitative estimate of drug-likeness (QED) is 0.193. The first-order chi connectivity index (χ1) is 18.4. The number of ketones is 2. The van der Waals surface area contributed by atoms with Crippen LogP contribution in [0, 0.1) is 11.3 Å². The summed E-state index contributed by atoms with van der Waals surface area (Å²) in [5.74, 6) is 0.540. The van der Waals surface area contributed by atoms with Crippen molar-refractivity contribution in [2.45, 2.75) is 66.2 Å². The van der Waals surface area contributed by atoms with E-state index in [0.717, 1.165) is 18.6 Å². The third-order valence-electron chi connectivity index (χ3n) is 6.59. The SMILES string of the molecule is CC(C)=O.COc1ccc(C2(c3ccc(OC(=O)C(C)=O)cc3)CC(C)CC(C)(C)C2)cc1.c1ccccc1. The van der Waals surface area contributed by atoms with Crippen LogP contribution in [0.5, 0.6) is 11.5 Å². The summed E-state index contributed by atoms with van der Waals surface area (Å²) in [7, 11) is 1.68. The molecule has 3 aromatic rings. The van der Waals surface area contributed by atoms with E-state index in [0.29, 0.717) is 11.7 Å². The number of carbonyl (C=O) groups excluding carboxylic acids is 3. The predicted octanol–water partition coefficient (Wildman–Crippen LogP) is 7.60. The van der Waals surface area contributed by atoms with Crippen molar-refractivity contribution in [3.05, 3.63) is 96.1 Å². The lowest BCUT2D eigenvalue weighted by Crippen LogP contribution is -2.41. The summed E-state index contributed by atoms with van der Waals surface area (Å²) < 4.78 is 10.5. The van der Waals surface area contributed by atoms with Crippen LogP contribution in [0.15, 0.2) is 84.9 Å². The second-order valence-corrected chi connectivity index (χ2v) is 11.2. The first-order valence-corrected chi connectivity index (χ1v) is 13.3. The van der Waals surface area contributed by atoms with E-state index in [4.69, 9.17) is 9.47 Å². The van der Waals surface area contributed by atoms with Crippen molar-refractivity contribution in [3.8, 4) is 11.5 Å². The van der Waals surface area contributed by atoms with Gasteiger partial charge in [-0.05, 0) is 79.8 Å². The van der Waals surface area contributed by atoms with Gasteiger partial charge in [-0.2, -0.15) is 0 Å². The molecule has 5 nitrogen and oxygen atoms in total. The van der Waals surface area contributed by atoms with E-state index < -0.39 is 11.8 Å². The van der Waals surface area contributed by atoms with Crippen molar-refractivity contribution >= 4 is 17.5 Å². The molecule has 5 heteroatoms. The van der Waals surface area contributed by atoms with Gasteiger partial charge >= 0.3 is 5.97 Å². The van der Waals surface area contributed by atoms with Crippen LogP contribution in [-0.4, -0.2) is 24.6 Å². The Labute approximate surface area is 233 Å². The van der Waals surface area contributed by atoms with Gasteiger partial charge in [-0.15, -0.1) is 0 Å². The molecule has 1 aliphatic carbocycles. The molecule has 2 atom stereocenters. The highest BCUT2D eigenvalue weighted by Crippen LogP contribution is 2.53. The maximum atomic E-state index is 11.6. The number of hydrogen-bond acceptors (Lipinski definition) is 5. The molecule has 208 valence electrons. The van der Waals surface area contributed by atoms with Crippen LogP contribution in [0.25, 0.3) is 0 Å². The molecule has 0 N–H and O–H groups in total. The second kappa shape index (κ2) is 14.4. The highest BCUT2D eigenvalue weighted by atomic mass is 16.5. The van der Waals surface area contributed by atoms with Gasteiger partial charge in [0, 0.05) is 12.3 Å². The molecule has 1 aliphatic rings. The second-order valence-electron chi connectivity index (χ2n) is 11.2. The van der Waals surface area contributed by atoms with E-state index in [1.54, 1.807) is 19.2 Å². The lowest BCUT2D eigenvalue weighted by molar-refractivity contribution is -0.146. The number of Topliss-reactive ketones (excluding diaryl/α,β-unsaturated/α-hetero) is 2. The van der Waals surface area contributed by atoms with Gasteiger partial charge in [0.15, 0.2) is 0 Å². The third kappa shape index (κ3) is 9.82. The average molecular weight is 531 g/mol. The van der Waals surface area contributed by atoms with Gasteiger partial charge in [-0.1, -0.05) is 81.4 Å². The molecule has 39 heavy (non-hydrogen) atoms. The zero-order valence-electron chi connectivity index (χ0n) is 24.3. The van der Waals surface area contributed by atoms with Gasteiger partial charge < -0.3 is 14.3 Å². The van der Waals surface area contributed by atoms with Crippen LogP contribution in [0.4, 0.5) is 0 Å². The van der Waals surface area contributed by atoms with E-state index in [1.165, 1.54) is 38.3 Å². The summed E-state index contributed by atoms with van der Waals surface area (Å²) in [6.45, 7) is 11.3. The normalized spacial score (nSPS) is 19.2. The summed E-state index contributed by atoms with van der Waals surface area (Å²) in [6, 6.07) is 28.0. The minimum Gasteiger partial charge on any atom is -0.497 e. The first-order valence-electron chi connectivity index (χ1n) is 13.3. The smallest absolute Gasteiger partial charge is 0.379 e. The molecule has 1 fully saturated rings. The third-order valence-corrected chi connectivity index (χ3v) is 6.59. The molecular weight excluding hydrogens is 488 g/mol. The maximum absolute atomic E-state index is 11.6. The number of esters is 1. The largest absolute Gasteiger partial charge is 0.497 e.